The molecule has 110 valence electrons. The minimum Gasteiger partial charge on any atom is -0.507 e. The lowest BCUT2D eigenvalue weighted by atomic mass is 9.48. The van der Waals surface area contributed by atoms with Crippen molar-refractivity contribution in [2.24, 2.45) is 16.6 Å². The van der Waals surface area contributed by atoms with Gasteiger partial charge in [-0.25, -0.2) is 0 Å². The Morgan fingerprint density at radius 3 is 2.40 bits per heavy atom. The van der Waals surface area contributed by atoms with Crippen molar-refractivity contribution in [1.29, 1.82) is 0 Å². The van der Waals surface area contributed by atoms with Crippen LogP contribution < -0.4 is 11.1 Å². The van der Waals surface area contributed by atoms with Crippen molar-refractivity contribution in [2.45, 2.75) is 39.8 Å². The average molecular weight is 297 g/mol. The Morgan fingerprint density at radius 1 is 1.30 bits per heavy atom. The quantitative estimate of drug-likeness (QED) is 0.785. The van der Waals surface area contributed by atoms with Gasteiger partial charge in [-0.2, -0.15) is 0 Å². The smallest absolute Gasteiger partial charge is 0.255 e. The number of carbonyl (C=O) groups excluding carboxylic acids is 1. The molecule has 1 aromatic carbocycles. The molecule has 0 spiro atoms. The molecule has 0 heterocycles. The number of nitrogens with one attached hydrogen (secondary N) is 1. The highest BCUT2D eigenvalue weighted by Crippen LogP contribution is 2.52. The zero-order valence-electron chi connectivity index (χ0n) is 12.2. The zero-order chi connectivity index (χ0) is 15.3. The molecule has 1 saturated carbocycles. The molecule has 2 rings (SSSR count). The van der Waals surface area contributed by atoms with E-state index in [1.807, 2.05) is 27.7 Å². The van der Waals surface area contributed by atoms with Gasteiger partial charge in [0.2, 0.25) is 0 Å². The lowest BCUT2D eigenvalue weighted by molar-refractivity contribution is -0.0663. The summed E-state index contributed by atoms with van der Waals surface area (Å²) in [6.07, 6.45) is 0. The fourth-order valence-electron chi connectivity index (χ4n) is 3.45. The highest BCUT2D eigenvalue weighted by Gasteiger charge is 2.60. The van der Waals surface area contributed by atoms with Gasteiger partial charge in [0, 0.05) is 27.9 Å². The predicted molar refractivity (Wildman–Crippen MR) is 79.9 cm³/mol. The predicted octanol–water partition coefficient (Wildman–Crippen LogP) is 2.54. The lowest BCUT2D eigenvalue weighted by Crippen LogP contribution is -2.76. The molecule has 4 nitrogen and oxygen atoms in total. The Bertz CT molecular complexity index is 539. The van der Waals surface area contributed by atoms with Crippen molar-refractivity contribution in [3.63, 3.8) is 0 Å². The third kappa shape index (κ3) is 2.17. The van der Waals surface area contributed by atoms with Crippen LogP contribution in [0.4, 0.5) is 0 Å². The van der Waals surface area contributed by atoms with Gasteiger partial charge >= 0.3 is 0 Å². The third-order valence-corrected chi connectivity index (χ3v) is 4.80. The first kappa shape index (κ1) is 15.1. The van der Waals surface area contributed by atoms with Crippen molar-refractivity contribution in [3.05, 3.63) is 28.8 Å². The first-order valence-electron chi connectivity index (χ1n) is 6.63. The van der Waals surface area contributed by atoms with Crippen LogP contribution in [0.2, 0.25) is 5.02 Å². The minimum absolute atomic E-state index is 0.00765. The summed E-state index contributed by atoms with van der Waals surface area (Å²) in [5.74, 6) is -0.408. The molecule has 0 aliphatic heterocycles. The molecule has 1 aliphatic carbocycles. The summed E-state index contributed by atoms with van der Waals surface area (Å²) in [6.45, 7) is 8.13. The molecule has 1 aromatic rings. The highest BCUT2D eigenvalue weighted by molar-refractivity contribution is 6.31. The Balaban J connectivity index is 2.22. The van der Waals surface area contributed by atoms with Gasteiger partial charge in [-0.15, -0.1) is 0 Å². The molecule has 1 amide bonds. The standard InChI is InChI=1S/C15H21ClN2O2/c1-14(2)12(17)15(3,4)13(14)18-11(20)9-7-8(16)5-6-10(9)19/h5-7,12-13,19H,17H2,1-4H3,(H,18,20). The van der Waals surface area contributed by atoms with E-state index in [2.05, 4.69) is 5.32 Å². The van der Waals surface area contributed by atoms with Crippen LogP contribution in [-0.4, -0.2) is 23.1 Å². The second-order valence-electron chi connectivity index (χ2n) is 6.69. The van der Waals surface area contributed by atoms with Crippen LogP contribution in [0.5, 0.6) is 5.75 Å². The van der Waals surface area contributed by atoms with E-state index >= 15 is 0 Å². The number of nitrogens with two attached hydrogens (primary N) is 1. The van der Waals surface area contributed by atoms with Gasteiger partial charge in [-0.3, -0.25) is 4.79 Å². The van der Waals surface area contributed by atoms with Crippen LogP contribution in [0.1, 0.15) is 38.1 Å². The Kier molecular flexibility index (Phi) is 3.51. The third-order valence-electron chi connectivity index (χ3n) is 4.57. The summed E-state index contributed by atoms with van der Waals surface area (Å²) in [5, 5.41) is 13.2. The fraction of sp³-hybridized carbons (Fsp3) is 0.533. The molecule has 0 saturated heterocycles. The Labute approximate surface area is 124 Å². The largest absolute Gasteiger partial charge is 0.507 e. The number of amides is 1. The first-order valence-corrected chi connectivity index (χ1v) is 7.01. The van der Waals surface area contributed by atoms with E-state index in [0.717, 1.165) is 0 Å². The number of aromatic hydroxyl groups is 1. The minimum atomic E-state index is -0.331. The van der Waals surface area contributed by atoms with Crippen molar-refractivity contribution >= 4 is 17.5 Å². The van der Waals surface area contributed by atoms with E-state index in [0.29, 0.717) is 5.02 Å². The molecule has 0 aromatic heterocycles. The Morgan fingerprint density at radius 2 is 1.85 bits per heavy atom. The molecule has 1 aliphatic rings. The van der Waals surface area contributed by atoms with Crippen molar-refractivity contribution in [2.75, 3.05) is 0 Å². The van der Waals surface area contributed by atoms with Gasteiger partial charge in [0.15, 0.2) is 0 Å². The van der Waals surface area contributed by atoms with Gasteiger partial charge in [0.1, 0.15) is 5.75 Å². The van der Waals surface area contributed by atoms with Crippen LogP contribution in [0, 0.1) is 10.8 Å². The first-order chi connectivity index (χ1) is 9.08. The maximum absolute atomic E-state index is 12.3. The number of hydrogen-bond acceptors (Lipinski definition) is 3. The molecule has 1 fully saturated rings. The van der Waals surface area contributed by atoms with E-state index in [1.165, 1.54) is 12.1 Å². The topological polar surface area (TPSA) is 75.3 Å². The molecule has 5 heteroatoms. The monoisotopic (exact) mass is 296 g/mol. The molecular weight excluding hydrogens is 276 g/mol. The van der Waals surface area contributed by atoms with Crippen molar-refractivity contribution in [1.82, 2.24) is 5.32 Å². The second kappa shape index (κ2) is 4.64. The SMILES string of the molecule is CC1(C)C(N)C(C)(C)C1NC(=O)c1cc(Cl)ccc1O. The summed E-state index contributed by atoms with van der Waals surface area (Å²) >= 11 is 5.87. The number of phenols is 1. The van der Waals surface area contributed by atoms with Crippen LogP contribution in [0.25, 0.3) is 0 Å². The normalized spacial score (nSPS) is 26.7. The van der Waals surface area contributed by atoms with Gasteiger partial charge in [0.25, 0.3) is 5.91 Å². The van der Waals surface area contributed by atoms with Crippen LogP contribution in [0.3, 0.4) is 0 Å². The number of halogens is 1. The lowest BCUT2D eigenvalue weighted by Gasteiger charge is -2.62. The number of hydrogen-bond donors (Lipinski definition) is 3. The number of phenolic OH excluding ortho intramolecular Hbond substituents is 1. The second-order valence-corrected chi connectivity index (χ2v) is 7.12. The van der Waals surface area contributed by atoms with Crippen LogP contribution in [-0.2, 0) is 0 Å². The molecular formula is C15H21ClN2O2. The van der Waals surface area contributed by atoms with Gasteiger partial charge in [0.05, 0.1) is 5.56 Å². The summed E-state index contributed by atoms with van der Waals surface area (Å²) in [4.78, 5) is 12.3. The van der Waals surface area contributed by atoms with E-state index in [1.54, 1.807) is 6.07 Å². The molecule has 20 heavy (non-hydrogen) atoms. The summed E-state index contributed by atoms with van der Waals surface area (Å²) in [6, 6.07) is 4.37. The zero-order valence-corrected chi connectivity index (χ0v) is 13.0. The van der Waals surface area contributed by atoms with E-state index in [9.17, 15) is 9.90 Å². The Hall–Kier alpha value is -1.26. The van der Waals surface area contributed by atoms with E-state index in [4.69, 9.17) is 17.3 Å². The summed E-state index contributed by atoms with van der Waals surface area (Å²) < 4.78 is 0. The van der Waals surface area contributed by atoms with E-state index < -0.39 is 0 Å². The van der Waals surface area contributed by atoms with Gasteiger partial charge in [-0.1, -0.05) is 39.3 Å². The van der Waals surface area contributed by atoms with Crippen molar-refractivity contribution < 1.29 is 9.90 Å². The molecule has 0 radical (unpaired) electrons. The molecule has 0 atom stereocenters. The van der Waals surface area contributed by atoms with Crippen molar-refractivity contribution in [3.8, 4) is 5.75 Å². The van der Waals surface area contributed by atoms with E-state index in [-0.39, 0.29) is 40.1 Å². The van der Waals surface area contributed by atoms with Crippen LogP contribution in [0.15, 0.2) is 18.2 Å². The number of carbonyl (C=O) groups is 1. The van der Waals surface area contributed by atoms with Gasteiger partial charge < -0.3 is 16.2 Å². The molecule has 4 N–H and O–H groups in total. The van der Waals surface area contributed by atoms with Crippen LogP contribution >= 0.6 is 11.6 Å². The average Bonchev–Trinajstić information content (AvgIpc) is 2.37. The maximum atomic E-state index is 12.3. The molecule has 0 unspecified atom stereocenters. The number of benzene rings is 1. The number of rotatable bonds is 2. The highest BCUT2D eigenvalue weighted by atomic mass is 35.5. The summed E-state index contributed by atoms with van der Waals surface area (Å²) in [7, 11) is 0. The molecule has 0 bridgehead atoms. The summed E-state index contributed by atoms with van der Waals surface area (Å²) in [5.41, 5.74) is 5.98. The maximum Gasteiger partial charge on any atom is 0.255 e. The fourth-order valence-corrected chi connectivity index (χ4v) is 3.62. The van der Waals surface area contributed by atoms with Gasteiger partial charge in [-0.05, 0) is 18.2 Å².